The summed E-state index contributed by atoms with van der Waals surface area (Å²) in [7, 11) is 0. The van der Waals surface area contributed by atoms with Crippen molar-refractivity contribution in [2.75, 3.05) is 0 Å². The largest absolute Gasteiger partial charge is 0.432 e. The molecule has 0 saturated carbocycles. The predicted molar refractivity (Wildman–Crippen MR) is 52.4 cm³/mol. The highest BCUT2D eigenvalue weighted by atomic mass is 16.7. The second kappa shape index (κ2) is 6.56. The molecule has 0 aliphatic rings. The minimum Gasteiger partial charge on any atom is -0.432 e. The van der Waals surface area contributed by atoms with Crippen molar-refractivity contribution in [3.05, 3.63) is 12.2 Å². The van der Waals surface area contributed by atoms with E-state index in [0.717, 1.165) is 0 Å². The maximum Gasteiger partial charge on any atom is 0.335 e. The predicted octanol–water partition coefficient (Wildman–Crippen LogP) is 1.59. The van der Waals surface area contributed by atoms with Crippen molar-refractivity contribution in [1.82, 2.24) is 0 Å². The summed E-state index contributed by atoms with van der Waals surface area (Å²) in [6.07, 6.45) is -0.635. The standard InChI is InChI=1S/C10H18O4/c1-5-8(11)13-9(6-2)14-10(12)7(3)4/h8-9,11H,3,5-6H2,1-2,4H3. The molecule has 0 aliphatic heterocycles. The van der Waals surface area contributed by atoms with Crippen molar-refractivity contribution < 1.29 is 19.4 Å². The van der Waals surface area contributed by atoms with Crippen LogP contribution in [-0.2, 0) is 14.3 Å². The van der Waals surface area contributed by atoms with Crippen molar-refractivity contribution in [1.29, 1.82) is 0 Å². The van der Waals surface area contributed by atoms with Crippen LogP contribution in [0.15, 0.2) is 12.2 Å². The lowest BCUT2D eigenvalue weighted by Crippen LogP contribution is -2.26. The van der Waals surface area contributed by atoms with E-state index in [2.05, 4.69) is 6.58 Å². The molecule has 0 rings (SSSR count). The summed E-state index contributed by atoms with van der Waals surface area (Å²) >= 11 is 0. The monoisotopic (exact) mass is 202 g/mol. The molecular formula is C10H18O4. The van der Waals surface area contributed by atoms with Gasteiger partial charge in [-0.3, -0.25) is 0 Å². The molecule has 0 amide bonds. The van der Waals surface area contributed by atoms with E-state index in [1.807, 2.05) is 0 Å². The van der Waals surface area contributed by atoms with Crippen molar-refractivity contribution in [3.63, 3.8) is 0 Å². The van der Waals surface area contributed by atoms with E-state index in [9.17, 15) is 9.90 Å². The van der Waals surface area contributed by atoms with Crippen molar-refractivity contribution in [2.24, 2.45) is 0 Å². The van der Waals surface area contributed by atoms with Crippen molar-refractivity contribution in [2.45, 2.75) is 46.2 Å². The Morgan fingerprint density at radius 2 is 2.00 bits per heavy atom. The molecular weight excluding hydrogens is 184 g/mol. The quantitative estimate of drug-likeness (QED) is 0.403. The summed E-state index contributed by atoms with van der Waals surface area (Å²) in [5.41, 5.74) is 0.318. The Bertz CT molecular complexity index is 200. The first-order chi connectivity index (χ1) is 6.51. The molecule has 0 aromatic heterocycles. The normalized spacial score (nSPS) is 14.6. The van der Waals surface area contributed by atoms with Gasteiger partial charge >= 0.3 is 5.97 Å². The van der Waals surface area contributed by atoms with Gasteiger partial charge in [0, 0.05) is 12.0 Å². The molecule has 0 fully saturated rings. The summed E-state index contributed by atoms with van der Waals surface area (Å²) in [6, 6.07) is 0. The fourth-order valence-electron chi connectivity index (χ4n) is 0.699. The highest BCUT2D eigenvalue weighted by molar-refractivity contribution is 5.86. The van der Waals surface area contributed by atoms with Gasteiger partial charge in [0.15, 0.2) is 6.29 Å². The first kappa shape index (κ1) is 13.1. The van der Waals surface area contributed by atoms with Gasteiger partial charge in [0.1, 0.15) is 0 Å². The second-order valence-electron chi connectivity index (χ2n) is 3.02. The Hall–Kier alpha value is -0.870. The van der Waals surface area contributed by atoms with E-state index < -0.39 is 18.5 Å². The number of rotatable bonds is 6. The molecule has 0 aromatic carbocycles. The zero-order valence-corrected chi connectivity index (χ0v) is 8.95. The summed E-state index contributed by atoms with van der Waals surface area (Å²) in [5.74, 6) is -0.500. The average molecular weight is 202 g/mol. The fourth-order valence-corrected chi connectivity index (χ4v) is 0.699. The summed E-state index contributed by atoms with van der Waals surface area (Å²) in [6.45, 7) is 8.59. The lowest BCUT2D eigenvalue weighted by Gasteiger charge is -2.19. The molecule has 2 unspecified atom stereocenters. The van der Waals surface area contributed by atoms with Gasteiger partial charge in [0.2, 0.25) is 6.29 Å². The summed E-state index contributed by atoms with van der Waals surface area (Å²) in [5, 5.41) is 9.17. The summed E-state index contributed by atoms with van der Waals surface area (Å²) < 4.78 is 9.95. The van der Waals surface area contributed by atoms with Gasteiger partial charge < -0.3 is 14.6 Å². The van der Waals surface area contributed by atoms with E-state index in [1.54, 1.807) is 20.8 Å². The molecule has 0 spiro atoms. The Balaban J connectivity index is 4.02. The SMILES string of the molecule is C=C(C)C(=O)OC(CC)OC(O)CC. The van der Waals surface area contributed by atoms with Gasteiger partial charge in [-0.25, -0.2) is 4.79 Å². The minimum atomic E-state index is -0.891. The molecule has 0 bridgehead atoms. The topological polar surface area (TPSA) is 55.8 Å². The Kier molecular flexibility index (Phi) is 6.16. The van der Waals surface area contributed by atoms with E-state index in [1.165, 1.54) is 0 Å². The van der Waals surface area contributed by atoms with Crippen LogP contribution in [0.3, 0.4) is 0 Å². The molecule has 0 saturated heterocycles. The number of hydrogen-bond donors (Lipinski definition) is 1. The lowest BCUT2D eigenvalue weighted by molar-refractivity contribution is -0.224. The molecule has 0 aromatic rings. The summed E-state index contributed by atoms with van der Waals surface area (Å²) in [4.78, 5) is 11.1. The Labute approximate surface area is 84.5 Å². The zero-order chi connectivity index (χ0) is 11.1. The Morgan fingerprint density at radius 3 is 2.36 bits per heavy atom. The zero-order valence-electron chi connectivity index (χ0n) is 8.95. The molecule has 0 heterocycles. The molecule has 1 N–H and O–H groups in total. The minimum absolute atomic E-state index is 0.318. The van der Waals surface area contributed by atoms with Crippen LogP contribution in [-0.4, -0.2) is 23.7 Å². The van der Waals surface area contributed by atoms with Crippen LogP contribution in [0.25, 0.3) is 0 Å². The average Bonchev–Trinajstić information content (AvgIpc) is 2.16. The number of carbonyl (C=O) groups is 1. The van der Waals surface area contributed by atoms with E-state index in [4.69, 9.17) is 9.47 Å². The maximum atomic E-state index is 11.1. The van der Waals surface area contributed by atoms with Crippen LogP contribution in [0.4, 0.5) is 0 Å². The molecule has 4 nitrogen and oxygen atoms in total. The van der Waals surface area contributed by atoms with Gasteiger partial charge in [-0.05, 0) is 13.3 Å². The fraction of sp³-hybridized carbons (Fsp3) is 0.700. The molecule has 14 heavy (non-hydrogen) atoms. The van der Waals surface area contributed by atoms with E-state index in [-0.39, 0.29) is 0 Å². The van der Waals surface area contributed by atoms with Gasteiger partial charge in [-0.2, -0.15) is 0 Å². The number of aliphatic hydroxyl groups is 1. The van der Waals surface area contributed by atoms with E-state index in [0.29, 0.717) is 18.4 Å². The molecule has 2 atom stereocenters. The van der Waals surface area contributed by atoms with Gasteiger partial charge in [0.25, 0.3) is 0 Å². The third-order valence-corrected chi connectivity index (χ3v) is 1.58. The molecule has 0 radical (unpaired) electrons. The van der Waals surface area contributed by atoms with Gasteiger partial charge in [-0.15, -0.1) is 0 Å². The molecule has 4 heteroatoms. The number of esters is 1. The van der Waals surface area contributed by atoms with Crippen LogP contribution < -0.4 is 0 Å². The van der Waals surface area contributed by atoms with Crippen molar-refractivity contribution >= 4 is 5.97 Å². The molecule has 0 aliphatic carbocycles. The molecule has 82 valence electrons. The maximum absolute atomic E-state index is 11.1. The van der Waals surface area contributed by atoms with E-state index >= 15 is 0 Å². The van der Waals surface area contributed by atoms with Crippen LogP contribution >= 0.6 is 0 Å². The second-order valence-corrected chi connectivity index (χ2v) is 3.02. The lowest BCUT2D eigenvalue weighted by atomic mass is 10.3. The van der Waals surface area contributed by atoms with Crippen LogP contribution in [0.1, 0.15) is 33.6 Å². The number of hydrogen-bond acceptors (Lipinski definition) is 4. The van der Waals surface area contributed by atoms with Crippen molar-refractivity contribution in [3.8, 4) is 0 Å². The smallest absolute Gasteiger partial charge is 0.335 e. The Morgan fingerprint density at radius 1 is 1.43 bits per heavy atom. The third-order valence-electron chi connectivity index (χ3n) is 1.58. The third kappa shape index (κ3) is 4.99. The number of ether oxygens (including phenoxy) is 2. The van der Waals surface area contributed by atoms with Gasteiger partial charge in [0.05, 0.1) is 0 Å². The van der Waals surface area contributed by atoms with Gasteiger partial charge in [-0.1, -0.05) is 20.4 Å². The van der Waals surface area contributed by atoms with Crippen LogP contribution in [0.5, 0.6) is 0 Å². The highest BCUT2D eigenvalue weighted by Gasteiger charge is 2.16. The number of carbonyl (C=O) groups excluding carboxylic acids is 1. The van der Waals surface area contributed by atoms with Crippen LogP contribution in [0, 0.1) is 0 Å². The van der Waals surface area contributed by atoms with Crippen LogP contribution in [0.2, 0.25) is 0 Å². The first-order valence-corrected chi connectivity index (χ1v) is 4.71. The highest BCUT2D eigenvalue weighted by Crippen LogP contribution is 2.07. The first-order valence-electron chi connectivity index (χ1n) is 4.71. The number of aliphatic hydroxyl groups excluding tert-OH is 1.